The number of aromatic amines is 1. The van der Waals surface area contributed by atoms with E-state index in [9.17, 15) is 9.59 Å². The van der Waals surface area contributed by atoms with Crippen LogP contribution >= 0.6 is 11.8 Å². The Morgan fingerprint density at radius 2 is 2.00 bits per heavy atom. The predicted molar refractivity (Wildman–Crippen MR) is 110 cm³/mol. The summed E-state index contributed by atoms with van der Waals surface area (Å²) >= 11 is 1.63. The molecule has 4 rings (SSSR count). The van der Waals surface area contributed by atoms with Crippen molar-refractivity contribution in [2.24, 2.45) is 0 Å². The van der Waals surface area contributed by atoms with E-state index in [-0.39, 0.29) is 17.4 Å². The third-order valence-corrected chi connectivity index (χ3v) is 6.30. The fourth-order valence-corrected chi connectivity index (χ4v) is 5.17. The van der Waals surface area contributed by atoms with Gasteiger partial charge in [-0.15, -0.1) is 11.8 Å². The van der Waals surface area contributed by atoms with Crippen LogP contribution in [0.5, 0.6) is 0 Å². The van der Waals surface area contributed by atoms with Crippen molar-refractivity contribution in [2.75, 3.05) is 11.6 Å². The van der Waals surface area contributed by atoms with Crippen molar-refractivity contribution in [2.45, 2.75) is 58.0 Å². The van der Waals surface area contributed by atoms with Gasteiger partial charge >= 0.3 is 0 Å². The Morgan fingerprint density at radius 1 is 1.22 bits per heavy atom. The molecule has 2 N–H and O–H groups in total. The van der Waals surface area contributed by atoms with Crippen LogP contribution in [0.15, 0.2) is 18.2 Å². The zero-order valence-corrected chi connectivity index (χ0v) is 17.0. The Morgan fingerprint density at radius 3 is 2.78 bits per heavy atom. The molecule has 1 aliphatic carbocycles. The fraction of sp³-hybridized carbons (Fsp3) is 0.524. The number of aryl methyl sites for hydroxylation is 2. The number of carbonyl (C=O) groups is 2. The smallest absolute Gasteiger partial charge is 0.255 e. The third-order valence-electron chi connectivity index (χ3n) is 5.29. The van der Waals surface area contributed by atoms with Crippen LogP contribution < -0.4 is 5.32 Å². The molecule has 1 aromatic carbocycles. The van der Waals surface area contributed by atoms with Crippen molar-refractivity contribution in [1.29, 1.82) is 0 Å². The van der Waals surface area contributed by atoms with Gasteiger partial charge in [0.15, 0.2) is 0 Å². The summed E-state index contributed by atoms with van der Waals surface area (Å²) in [6, 6.07) is 5.50. The van der Waals surface area contributed by atoms with Crippen LogP contribution in [0.3, 0.4) is 0 Å². The quantitative estimate of drug-likeness (QED) is 0.832. The summed E-state index contributed by atoms with van der Waals surface area (Å²) in [5, 5.41) is 4.18. The van der Waals surface area contributed by atoms with E-state index in [1.54, 1.807) is 16.7 Å². The summed E-state index contributed by atoms with van der Waals surface area (Å²) in [5.41, 5.74) is 4.16. The number of rotatable bonds is 2. The van der Waals surface area contributed by atoms with Crippen molar-refractivity contribution in [3.63, 3.8) is 0 Å². The van der Waals surface area contributed by atoms with Gasteiger partial charge < -0.3 is 15.2 Å². The summed E-state index contributed by atoms with van der Waals surface area (Å²) in [7, 11) is 0. The number of thioether (sulfide) groups is 1. The number of hydrogen-bond acceptors (Lipinski definition) is 3. The zero-order valence-electron chi connectivity index (χ0n) is 16.2. The van der Waals surface area contributed by atoms with Gasteiger partial charge in [-0.05, 0) is 70.2 Å². The summed E-state index contributed by atoms with van der Waals surface area (Å²) in [6.45, 7) is 5.88. The number of nitrogens with one attached hydrogen (secondary N) is 2. The Bertz CT molecular complexity index is 897. The maximum absolute atomic E-state index is 13.2. The van der Waals surface area contributed by atoms with E-state index in [0.717, 1.165) is 23.7 Å². The van der Waals surface area contributed by atoms with Gasteiger partial charge in [0.2, 0.25) is 5.91 Å². The number of hydrogen-bond donors (Lipinski definition) is 2. The molecule has 1 atom stereocenters. The van der Waals surface area contributed by atoms with Gasteiger partial charge in [0.1, 0.15) is 6.04 Å². The number of amides is 2. The SMILES string of the molecule is CC(C)(C)NC(=O)C1CSCN1C(=O)c1ccc2[nH]c3c(c2c1)CCCC3. The molecule has 0 saturated carbocycles. The molecule has 144 valence electrons. The minimum absolute atomic E-state index is 0.0540. The zero-order chi connectivity index (χ0) is 19.2. The Hall–Kier alpha value is -1.95. The first kappa shape index (κ1) is 18.4. The molecular weight excluding hydrogens is 358 g/mol. The third kappa shape index (κ3) is 3.59. The second kappa shape index (κ2) is 6.89. The van der Waals surface area contributed by atoms with E-state index < -0.39 is 6.04 Å². The summed E-state index contributed by atoms with van der Waals surface area (Å²) < 4.78 is 0. The standard InChI is InChI=1S/C21H27N3O2S/c1-21(2,3)23-19(25)18-11-27-12-24(18)20(26)13-8-9-17-15(10-13)14-6-4-5-7-16(14)22-17/h8-10,18,22H,4-7,11-12H2,1-3H3,(H,23,25). The number of nitrogens with zero attached hydrogens (tertiary/aromatic N) is 1. The average Bonchev–Trinajstić information content (AvgIpc) is 3.24. The number of benzene rings is 1. The molecule has 0 bridgehead atoms. The number of H-pyrrole nitrogens is 1. The van der Waals surface area contributed by atoms with Gasteiger partial charge in [0.05, 0.1) is 5.88 Å². The molecule has 5 nitrogen and oxygen atoms in total. The van der Waals surface area contributed by atoms with E-state index in [1.807, 2.05) is 39.0 Å². The fourth-order valence-electron chi connectivity index (χ4n) is 4.02. The van der Waals surface area contributed by atoms with Crippen molar-refractivity contribution in [1.82, 2.24) is 15.2 Å². The second-order valence-corrected chi connectivity index (χ2v) is 9.58. The Balaban J connectivity index is 1.61. The molecule has 27 heavy (non-hydrogen) atoms. The molecule has 2 heterocycles. The van der Waals surface area contributed by atoms with Crippen LogP contribution in [0.1, 0.15) is 55.2 Å². The van der Waals surface area contributed by atoms with E-state index in [1.165, 1.54) is 24.1 Å². The van der Waals surface area contributed by atoms with Gasteiger partial charge in [-0.2, -0.15) is 0 Å². The molecule has 2 aromatic rings. The lowest BCUT2D eigenvalue weighted by Gasteiger charge is -2.27. The molecule has 0 spiro atoms. The van der Waals surface area contributed by atoms with Crippen LogP contribution in [0.25, 0.3) is 10.9 Å². The van der Waals surface area contributed by atoms with Crippen molar-refractivity contribution in [3.8, 4) is 0 Å². The van der Waals surface area contributed by atoms with Crippen LogP contribution in [-0.2, 0) is 17.6 Å². The van der Waals surface area contributed by atoms with E-state index >= 15 is 0 Å². The predicted octanol–water partition coefficient (Wildman–Crippen LogP) is 3.48. The lowest BCUT2D eigenvalue weighted by Crippen LogP contribution is -2.52. The highest BCUT2D eigenvalue weighted by molar-refractivity contribution is 7.99. The minimum Gasteiger partial charge on any atom is -0.358 e. The Labute approximate surface area is 164 Å². The maximum atomic E-state index is 13.2. The summed E-state index contributed by atoms with van der Waals surface area (Å²) in [6.07, 6.45) is 4.59. The molecule has 1 unspecified atom stereocenters. The molecule has 0 radical (unpaired) electrons. The van der Waals surface area contributed by atoms with E-state index in [2.05, 4.69) is 10.3 Å². The lowest BCUT2D eigenvalue weighted by molar-refractivity contribution is -0.125. The minimum atomic E-state index is -0.405. The average molecular weight is 386 g/mol. The largest absolute Gasteiger partial charge is 0.358 e. The first-order valence-electron chi connectivity index (χ1n) is 9.68. The van der Waals surface area contributed by atoms with Crippen LogP contribution in [0, 0.1) is 0 Å². The molecule has 2 amide bonds. The van der Waals surface area contributed by atoms with Crippen molar-refractivity contribution < 1.29 is 9.59 Å². The van der Waals surface area contributed by atoms with Gasteiger partial charge in [0, 0.05) is 33.5 Å². The highest BCUT2D eigenvalue weighted by Gasteiger charge is 2.36. The molecule has 6 heteroatoms. The van der Waals surface area contributed by atoms with Gasteiger partial charge in [-0.25, -0.2) is 0 Å². The van der Waals surface area contributed by atoms with Crippen LogP contribution in [0.4, 0.5) is 0 Å². The second-order valence-electron chi connectivity index (χ2n) is 8.58. The van der Waals surface area contributed by atoms with Crippen LogP contribution in [-0.4, -0.2) is 44.9 Å². The van der Waals surface area contributed by atoms with E-state index in [4.69, 9.17) is 0 Å². The van der Waals surface area contributed by atoms with Crippen molar-refractivity contribution in [3.05, 3.63) is 35.0 Å². The maximum Gasteiger partial charge on any atom is 0.255 e. The first-order chi connectivity index (χ1) is 12.8. The van der Waals surface area contributed by atoms with Crippen molar-refractivity contribution >= 4 is 34.5 Å². The summed E-state index contributed by atoms with van der Waals surface area (Å²) in [5.74, 6) is 1.09. The summed E-state index contributed by atoms with van der Waals surface area (Å²) in [4.78, 5) is 31.1. The number of carbonyl (C=O) groups excluding carboxylic acids is 2. The highest BCUT2D eigenvalue weighted by atomic mass is 32.2. The van der Waals surface area contributed by atoms with Gasteiger partial charge in [-0.3, -0.25) is 9.59 Å². The number of fused-ring (bicyclic) bond motifs is 3. The molecule has 1 aliphatic heterocycles. The molecule has 2 aliphatic rings. The number of aromatic nitrogens is 1. The molecule has 1 aromatic heterocycles. The van der Waals surface area contributed by atoms with Gasteiger partial charge in [0.25, 0.3) is 5.91 Å². The van der Waals surface area contributed by atoms with Crippen LogP contribution in [0.2, 0.25) is 0 Å². The molecule has 1 fully saturated rings. The monoisotopic (exact) mass is 385 g/mol. The normalized spacial score (nSPS) is 20.0. The topological polar surface area (TPSA) is 65.2 Å². The first-order valence-corrected chi connectivity index (χ1v) is 10.8. The highest BCUT2D eigenvalue weighted by Crippen LogP contribution is 2.31. The molecular formula is C21H27N3O2S. The molecule has 1 saturated heterocycles. The Kier molecular flexibility index (Phi) is 4.70. The van der Waals surface area contributed by atoms with E-state index in [0.29, 0.717) is 17.2 Å². The lowest BCUT2D eigenvalue weighted by atomic mass is 9.95. The van der Waals surface area contributed by atoms with Gasteiger partial charge in [-0.1, -0.05) is 0 Å².